The maximum atomic E-state index is 14.1. The Balaban J connectivity index is 1.92. The first-order chi connectivity index (χ1) is 14.3. The van der Waals surface area contributed by atoms with Crippen molar-refractivity contribution in [3.05, 3.63) is 58.4 Å². The zero-order valence-corrected chi connectivity index (χ0v) is 18.6. The zero-order chi connectivity index (χ0) is 21.8. The van der Waals surface area contributed by atoms with Crippen LogP contribution in [0.3, 0.4) is 0 Å². The van der Waals surface area contributed by atoms with Gasteiger partial charge in [-0.05, 0) is 50.6 Å². The molecule has 1 aromatic heterocycles. The van der Waals surface area contributed by atoms with E-state index in [1.54, 1.807) is 36.7 Å². The predicted octanol–water partition coefficient (Wildman–Crippen LogP) is 6.58. The Morgan fingerprint density at radius 2 is 2.07 bits per heavy atom. The third kappa shape index (κ3) is 4.61. The number of aliphatic imine (C=N–C) groups is 1. The molecule has 0 amide bonds. The molecule has 30 heavy (non-hydrogen) atoms. The third-order valence-electron chi connectivity index (χ3n) is 4.55. The highest BCUT2D eigenvalue weighted by Crippen LogP contribution is 2.40. The van der Waals surface area contributed by atoms with Crippen LogP contribution in [0, 0.1) is 24.1 Å². The lowest BCUT2D eigenvalue weighted by molar-refractivity contribution is 0.429. The van der Waals surface area contributed by atoms with Crippen LogP contribution in [0.15, 0.2) is 41.4 Å². The fourth-order valence-corrected chi connectivity index (χ4v) is 3.45. The first kappa shape index (κ1) is 21.8. The summed E-state index contributed by atoms with van der Waals surface area (Å²) < 4.78 is 24.3. The van der Waals surface area contributed by atoms with Crippen LogP contribution in [0.2, 0.25) is 5.02 Å². The number of halogens is 2. The SMILES string of the molecule is Cc1cc(Oc2snc(-c3ccccc3F)c2C#N)c(Cl)cc1/N=C\N(C)C(C)C. The van der Waals surface area contributed by atoms with E-state index in [-0.39, 0.29) is 21.9 Å². The Hall–Kier alpha value is -2.95. The number of benzene rings is 2. The molecule has 0 aliphatic heterocycles. The van der Waals surface area contributed by atoms with Crippen molar-refractivity contribution in [1.29, 1.82) is 5.26 Å². The number of hydrogen-bond acceptors (Lipinski definition) is 5. The molecule has 0 bridgehead atoms. The van der Waals surface area contributed by atoms with E-state index in [0.717, 1.165) is 22.8 Å². The lowest BCUT2D eigenvalue weighted by Gasteiger charge is -2.17. The second-order valence-electron chi connectivity index (χ2n) is 6.96. The molecular weight excluding hydrogens is 423 g/mol. The molecule has 0 radical (unpaired) electrons. The van der Waals surface area contributed by atoms with Crippen molar-refractivity contribution < 1.29 is 9.13 Å². The summed E-state index contributed by atoms with van der Waals surface area (Å²) in [4.78, 5) is 6.46. The van der Waals surface area contributed by atoms with E-state index >= 15 is 0 Å². The highest BCUT2D eigenvalue weighted by molar-refractivity contribution is 7.08. The molecule has 154 valence electrons. The average Bonchev–Trinajstić information content (AvgIpc) is 3.11. The van der Waals surface area contributed by atoms with Crippen molar-refractivity contribution >= 4 is 35.2 Å². The van der Waals surface area contributed by atoms with Crippen molar-refractivity contribution in [2.75, 3.05) is 7.05 Å². The Bertz CT molecular complexity index is 1140. The summed E-state index contributed by atoms with van der Waals surface area (Å²) in [6.45, 7) is 6.04. The van der Waals surface area contributed by atoms with Gasteiger partial charge >= 0.3 is 0 Å². The number of hydrogen-bond donors (Lipinski definition) is 0. The molecule has 0 saturated carbocycles. The van der Waals surface area contributed by atoms with Crippen LogP contribution in [-0.2, 0) is 0 Å². The van der Waals surface area contributed by atoms with Gasteiger partial charge in [0.05, 0.1) is 17.0 Å². The molecule has 0 aliphatic carbocycles. The molecule has 1 heterocycles. The van der Waals surface area contributed by atoms with Crippen LogP contribution < -0.4 is 4.74 Å². The maximum absolute atomic E-state index is 14.1. The molecule has 5 nitrogen and oxygen atoms in total. The lowest BCUT2D eigenvalue weighted by atomic mass is 10.1. The summed E-state index contributed by atoms with van der Waals surface area (Å²) in [5.41, 5.74) is 2.25. The molecule has 3 rings (SSSR count). The first-order valence-corrected chi connectivity index (χ1v) is 10.4. The third-order valence-corrected chi connectivity index (χ3v) is 5.57. The van der Waals surface area contributed by atoms with Gasteiger partial charge in [-0.25, -0.2) is 9.38 Å². The minimum Gasteiger partial charge on any atom is -0.442 e. The quantitative estimate of drug-likeness (QED) is 0.319. The normalized spacial score (nSPS) is 11.1. The molecule has 0 atom stereocenters. The number of nitrogens with zero attached hydrogens (tertiary/aromatic N) is 4. The molecule has 0 spiro atoms. The molecule has 0 aliphatic rings. The second kappa shape index (κ2) is 9.24. The van der Waals surface area contributed by atoms with Crippen molar-refractivity contribution in [3.8, 4) is 28.1 Å². The monoisotopic (exact) mass is 442 g/mol. The first-order valence-electron chi connectivity index (χ1n) is 9.20. The summed E-state index contributed by atoms with van der Waals surface area (Å²) in [6.07, 6.45) is 1.75. The van der Waals surface area contributed by atoms with Gasteiger partial charge in [0.25, 0.3) is 0 Å². The molecular formula is C22H20ClFN4OS. The van der Waals surface area contributed by atoms with Gasteiger partial charge in [-0.15, -0.1) is 0 Å². The van der Waals surface area contributed by atoms with Gasteiger partial charge in [0.1, 0.15) is 28.9 Å². The highest BCUT2D eigenvalue weighted by Gasteiger charge is 2.20. The van der Waals surface area contributed by atoms with Gasteiger partial charge in [0, 0.05) is 30.2 Å². The number of ether oxygens (including phenoxy) is 1. The zero-order valence-electron chi connectivity index (χ0n) is 17.0. The van der Waals surface area contributed by atoms with Crippen molar-refractivity contribution in [2.45, 2.75) is 26.8 Å². The lowest BCUT2D eigenvalue weighted by Crippen LogP contribution is -2.24. The largest absolute Gasteiger partial charge is 0.442 e. The molecule has 0 saturated heterocycles. The Morgan fingerprint density at radius 1 is 1.33 bits per heavy atom. The number of rotatable bonds is 6. The van der Waals surface area contributed by atoms with Crippen molar-refractivity contribution in [2.24, 2.45) is 4.99 Å². The van der Waals surface area contributed by atoms with Crippen LogP contribution in [-0.4, -0.2) is 28.7 Å². The molecule has 0 fully saturated rings. The van der Waals surface area contributed by atoms with Crippen LogP contribution in [0.5, 0.6) is 10.8 Å². The van der Waals surface area contributed by atoms with Gasteiger partial charge < -0.3 is 9.64 Å². The Labute approximate surface area is 184 Å². The summed E-state index contributed by atoms with van der Waals surface area (Å²) >= 11 is 7.38. The minimum absolute atomic E-state index is 0.166. The van der Waals surface area contributed by atoms with E-state index in [9.17, 15) is 9.65 Å². The highest BCUT2D eigenvalue weighted by atomic mass is 35.5. The Morgan fingerprint density at radius 3 is 2.73 bits per heavy atom. The van der Waals surface area contributed by atoms with E-state index in [0.29, 0.717) is 16.8 Å². The van der Waals surface area contributed by atoms with Crippen LogP contribution in [0.25, 0.3) is 11.3 Å². The van der Waals surface area contributed by atoms with E-state index in [2.05, 4.69) is 29.3 Å². The summed E-state index contributed by atoms with van der Waals surface area (Å²) in [5, 5.41) is 10.2. The van der Waals surface area contributed by atoms with E-state index in [1.165, 1.54) is 6.07 Å². The van der Waals surface area contributed by atoms with Crippen LogP contribution in [0.4, 0.5) is 10.1 Å². The summed E-state index contributed by atoms with van der Waals surface area (Å²) in [7, 11) is 1.95. The summed E-state index contributed by atoms with van der Waals surface area (Å²) in [5.74, 6) is -0.0705. The second-order valence-corrected chi connectivity index (χ2v) is 8.10. The molecule has 2 aromatic carbocycles. The molecule has 8 heteroatoms. The van der Waals surface area contributed by atoms with E-state index in [1.807, 2.05) is 18.9 Å². The predicted molar refractivity (Wildman–Crippen MR) is 120 cm³/mol. The van der Waals surface area contributed by atoms with Gasteiger partial charge in [-0.1, -0.05) is 23.7 Å². The molecule has 0 N–H and O–H groups in total. The number of aryl methyl sites for hydroxylation is 1. The fourth-order valence-electron chi connectivity index (χ4n) is 2.53. The Kier molecular flexibility index (Phi) is 6.70. The van der Waals surface area contributed by atoms with Crippen molar-refractivity contribution in [3.63, 3.8) is 0 Å². The number of nitriles is 1. The maximum Gasteiger partial charge on any atom is 0.218 e. The fraction of sp³-hybridized carbons (Fsp3) is 0.227. The van der Waals surface area contributed by atoms with Gasteiger partial charge in [-0.3, -0.25) is 0 Å². The van der Waals surface area contributed by atoms with Gasteiger partial charge in [0.2, 0.25) is 5.06 Å². The van der Waals surface area contributed by atoms with E-state index < -0.39 is 5.82 Å². The standard InChI is InChI=1S/C22H20ClFN4OS/c1-13(2)28(4)12-26-19-10-17(23)20(9-14(19)3)29-22-16(11-25)21(27-30-22)15-7-5-6-8-18(15)24/h5-10,12-13H,1-4H3/b26-12-. The summed E-state index contributed by atoms with van der Waals surface area (Å²) in [6, 6.07) is 12.0. The van der Waals surface area contributed by atoms with Gasteiger partial charge in [-0.2, -0.15) is 9.64 Å². The molecule has 3 aromatic rings. The van der Waals surface area contributed by atoms with Crippen LogP contribution in [0.1, 0.15) is 25.0 Å². The average molecular weight is 443 g/mol. The topological polar surface area (TPSA) is 61.5 Å². The smallest absolute Gasteiger partial charge is 0.218 e. The number of aromatic nitrogens is 1. The van der Waals surface area contributed by atoms with Gasteiger partial charge in [0.15, 0.2) is 0 Å². The molecule has 0 unspecified atom stereocenters. The van der Waals surface area contributed by atoms with E-state index in [4.69, 9.17) is 16.3 Å². The minimum atomic E-state index is -0.451. The van der Waals surface area contributed by atoms with Crippen LogP contribution >= 0.6 is 23.1 Å². The van der Waals surface area contributed by atoms with Crippen molar-refractivity contribution in [1.82, 2.24) is 9.27 Å².